The summed E-state index contributed by atoms with van der Waals surface area (Å²) in [5, 5.41) is 3.17. The fourth-order valence-electron chi connectivity index (χ4n) is 2.91. The van der Waals surface area contributed by atoms with Crippen LogP contribution in [0.5, 0.6) is 5.75 Å². The van der Waals surface area contributed by atoms with Crippen LogP contribution in [0.3, 0.4) is 0 Å². The molecule has 0 saturated carbocycles. The van der Waals surface area contributed by atoms with Crippen LogP contribution in [0.25, 0.3) is 0 Å². The zero-order valence-electron chi connectivity index (χ0n) is 14.0. The Hall–Kier alpha value is -1.82. The number of likely N-dealkylation sites (tertiary alicyclic amines) is 1. The number of ether oxygens (including phenoxy) is 1. The summed E-state index contributed by atoms with van der Waals surface area (Å²) in [6.45, 7) is 7.83. The average molecular weight is 322 g/mol. The smallest absolute Gasteiger partial charge is 0.188 e. The van der Waals surface area contributed by atoms with Crippen LogP contribution in [0, 0.1) is 5.82 Å². The van der Waals surface area contributed by atoms with Gasteiger partial charge in [-0.15, -0.1) is 0 Å². The monoisotopic (exact) mass is 322 g/mol. The molecule has 1 saturated heterocycles. The molecule has 1 aromatic rings. The minimum absolute atomic E-state index is 0.271. The SMILES string of the molecule is CCOc1ccc(CN=C(N)NCC2CCCN2CC)cc1F. The highest BCUT2D eigenvalue weighted by Crippen LogP contribution is 2.19. The van der Waals surface area contributed by atoms with E-state index in [2.05, 4.69) is 22.1 Å². The van der Waals surface area contributed by atoms with Crippen LogP contribution in [0.1, 0.15) is 32.3 Å². The second-order valence-electron chi connectivity index (χ2n) is 5.70. The summed E-state index contributed by atoms with van der Waals surface area (Å²) in [6.07, 6.45) is 2.43. The molecule has 0 aliphatic carbocycles. The van der Waals surface area contributed by atoms with Crippen molar-refractivity contribution in [2.75, 3.05) is 26.2 Å². The first kappa shape index (κ1) is 17.5. The molecule has 6 heteroatoms. The van der Waals surface area contributed by atoms with Gasteiger partial charge in [0, 0.05) is 12.6 Å². The molecule has 0 amide bonds. The van der Waals surface area contributed by atoms with Gasteiger partial charge in [0.1, 0.15) is 0 Å². The molecule has 128 valence electrons. The van der Waals surface area contributed by atoms with E-state index in [4.69, 9.17) is 10.5 Å². The van der Waals surface area contributed by atoms with Crippen LogP contribution in [-0.4, -0.2) is 43.1 Å². The van der Waals surface area contributed by atoms with Crippen LogP contribution in [0.4, 0.5) is 4.39 Å². The number of nitrogens with two attached hydrogens (primary N) is 1. The van der Waals surface area contributed by atoms with Gasteiger partial charge in [0.25, 0.3) is 0 Å². The van der Waals surface area contributed by atoms with Crippen molar-refractivity contribution in [2.45, 2.75) is 39.3 Å². The lowest BCUT2D eigenvalue weighted by Crippen LogP contribution is -2.42. The normalized spacial score (nSPS) is 19.1. The van der Waals surface area contributed by atoms with Crippen LogP contribution >= 0.6 is 0 Å². The molecule has 1 heterocycles. The standard InChI is InChI=1S/C17H27FN4O/c1-3-22-9-5-6-14(22)12-21-17(19)20-11-13-7-8-16(23-4-2)15(18)10-13/h7-8,10,14H,3-6,9,11-12H2,1-2H3,(H3,19,20,21). The van der Waals surface area contributed by atoms with Crippen molar-refractivity contribution in [3.05, 3.63) is 29.6 Å². The van der Waals surface area contributed by atoms with Crippen molar-refractivity contribution in [2.24, 2.45) is 10.7 Å². The number of hydrogen-bond donors (Lipinski definition) is 2. The molecule has 1 atom stereocenters. The highest BCUT2D eigenvalue weighted by atomic mass is 19.1. The molecule has 1 aliphatic rings. The van der Waals surface area contributed by atoms with Crippen LogP contribution in [0.2, 0.25) is 0 Å². The lowest BCUT2D eigenvalue weighted by molar-refractivity contribution is 0.267. The number of rotatable bonds is 7. The summed E-state index contributed by atoms with van der Waals surface area (Å²) < 4.78 is 19.0. The minimum atomic E-state index is -0.365. The molecule has 1 unspecified atom stereocenters. The zero-order chi connectivity index (χ0) is 16.7. The third-order valence-electron chi connectivity index (χ3n) is 4.15. The number of guanidine groups is 1. The van der Waals surface area contributed by atoms with Gasteiger partial charge >= 0.3 is 0 Å². The minimum Gasteiger partial charge on any atom is -0.491 e. The van der Waals surface area contributed by atoms with Crippen molar-refractivity contribution in [1.82, 2.24) is 10.2 Å². The maximum Gasteiger partial charge on any atom is 0.188 e. The van der Waals surface area contributed by atoms with E-state index in [0.29, 0.717) is 25.2 Å². The fourth-order valence-corrected chi connectivity index (χ4v) is 2.91. The Bertz CT molecular complexity index is 535. The van der Waals surface area contributed by atoms with Gasteiger partial charge in [-0.05, 0) is 50.6 Å². The molecule has 3 N–H and O–H groups in total. The number of halogens is 1. The number of nitrogens with zero attached hydrogens (tertiary/aromatic N) is 2. The molecule has 0 aromatic heterocycles. The topological polar surface area (TPSA) is 62.9 Å². The highest BCUT2D eigenvalue weighted by Gasteiger charge is 2.22. The molecule has 0 spiro atoms. The van der Waals surface area contributed by atoms with Crippen molar-refractivity contribution in [3.63, 3.8) is 0 Å². The fraction of sp³-hybridized carbons (Fsp3) is 0.588. The Labute approximate surface area is 137 Å². The Balaban J connectivity index is 1.83. The number of nitrogens with one attached hydrogen (secondary N) is 1. The Morgan fingerprint density at radius 1 is 1.48 bits per heavy atom. The van der Waals surface area contributed by atoms with E-state index >= 15 is 0 Å². The maximum absolute atomic E-state index is 13.8. The van der Waals surface area contributed by atoms with Crippen molar-refractivity contribution in [1.29, 1.82) is 0 Å². The van der Waals surface area contributed by atoms with Crippen molar-refractivity contribution < 1.29 is 9.13 Å². The first-order valence-electron chi connectivity index (χ1n) is 8.33. The molecule has 0 bridgehead atoms. The van der Waals surface area contributed by atoms with Gasteiger partial charge in [0.15, 0.2) is 17.5 Å². The van der Waals surface area contributed by atoms with E-state index in [0.717, 1.165) is 25.2 Å². The van der Waals surface area contributed by atoms with Crippen LogP contribution < -0.4 is 15.8 Å². The number of benzene rings is 1. The summed E-state index contributed by atoms with van der Waals surface area (Å²) in [4.78, 5) is 6.73. The number of aliphatic imine (C=N–C) groups is 1. The lowest BCUT2D eigenvalue weighted by atomic mass is 10.2. The predicted octanol–water partition coefficient (Wildman–Crippen LogP) is 2.11. The van der Waals surface area contributed by atoms with E-state index < -0.39 is 0 Å². The van der Waals surface area contributed by atoms with Gasteiger partial charge in [0.2, 0.25) is 0 Å². The number of hydrogen-bond acceptors (Lipinski definition) is 3. The van der Waals surface area contributed by atoms with E-state index in [1.54, 1.807) is 12.1 Å². The summed E-state index contributed by atoms with van der Waals surface area (Å²) >= 11 is 0. The molecule has 1 aliphatic heterocycles. The van der Waals surface area contributed by atoms with Gasteiger partial charge in [-0.1, -0.05) is 13.0 Å². The second kappa shape index (κ2) is 8.72. The zero-order valence-corrected chi connectivity index (χ0v) is 14.0. The summed E-state index contributed by atoms with van der Waals surface area (Å²) in [6, 6.07) is 5.40. The first-order valence-corrected chi connectivity index (χ1v) is 8.33. The third-order valence-corrected chi connectivity index (χ3v) is 4.15. The highest BCUT2D eigenvalue weighted by molar-refractivity contribution is 5.77. The van der Waals surface area contributed by atoms with Gasteiger partial charge in [-0.25, -0.2) is 9.38 Å². The van der Waals surface area contributed by atoms with E-state index in [-0.39, 0.29) is 11.6 Å². The molecular formula is C17H27FN4O. The quantitative estimate of drug-likeness (QED) is 0.596. The van der Waals surface area contributed by atoms with Gasteiger partial charge < -0.3 is 15.8 Å². The van der Waals surface area contributed by atoms with Crippen molar-refractivity contribution >= 4 is 5.96 Å². The Morgan fingerprint density at radius 3 is 3.00 bits per heavy atom. The largest absolute Gasteiger partial charge is 0.491 e. The average Bonchev–Trinajstić information content (AvgIpc) is 3.01. The van der Waals surface area contributed by atoms with Crippen molar-refractivity contribution in [3.8, 4) is 5.75 Å². The summed E-state index contributed by atoms with van der Waals surface area (Å²) in [5.74, 6) is 0.310. The molecule has 1 aromatic carbocycles. The maximum atomic E-state index is 13.8. The first-order chi connectivity index (χ1) is 11.1. The van der Waals surface area contributed by atoms with E-state index in [9.17, 15) is 4.39 Å². The van der Waals surface area contributed by atoms with Gasteiger partial charge in [0.05, 0.1) is 13.2 Å². The summed E-state index contributed by atoms with van der Waals surface area (Å²) in [7, 11) is 0. The Morgan fingerprint density at radius 2 is 2.30 bits per heavy atom. The molecule has 5 nitrogen and oxygen atoms in total. The Kier molecular flexibility index (Phi) is 6.65. The van der Waals surface area contributed by atoms with Crippen LogP contribution in [-0.2, 0) is 6.54 Å². The molecule has 23 heavy (non-hydrogen) atoms. The van der Waals surface area contributed by atoms with Gasteiger partial charge in [-0.2, -0.15) is 0 Å². The van der Waals surface area contributed by atoms with E-state index in [1.807, 2.05) is 6.92 Å². The molecule has 1 fully saturated rings. The summed E-state index contributed by atoms with van der Waals surface area (Å²) in [5.41, 5.74) is 6.67. The predicted molar refractivity (Wildman–Crippen MR) is 91.2 cm³/mol. The molecule has 2 rings (SSSR count). The molecule has 0 radical (unpaired) electrons. The third kappa shape index (κ3) is 5.10. The van der Waals surface area contributed by atoms with Gasteiger partial charge in [-0.3, -0.25) is 4.90 Å². The van der Waals surface area contributed by atoms with E-state index in [1.165, 1.54) is 18.9 Å². The second-order valence-corrected chi connectivity index (χ2v) is 5.70. The van der Waals surface area contributed by atoms with Crippen LogP contribution in [0.15, 0.2) is 23.2 Å². The lowest BCUT2D eigenvalue weighted by Gasteiger charge is -2.23. The number of likely N-dealkylation sites (N-methyl/N-ethyl adjacent to an activating group) is 1. The molecular weight excluding hydrogens is 295 g/mol.